The van der Waals surface area contributed by atoms with Crippen LogP contribution in [0.4, 0.5) is 0 Å². The predicted molar refractivity (Wildman–Crippen MR) is 120 cm³/mol. The Bertz CT molecular complexity index is 899. The van der Waals surface area contributed by atoms with Crippen molar-refractivity contribution < 1.29 is 5.11 Å². The van der Waals surface area contributed by atoms with Crippen LogP contribution in [0.5, 0.6) is 0 Å². The molecule has 6 rings (SSSR count). The fraction of sp³-hybridized carbons (Fsp3) is 0.852. The molecule has 1 N–H and O–H groups in total. The van der Waals surface area contributed by atoms with Crippen LogP contribution in [-0.2, 0) is 6.54 Å². The lowest BCUT2D eigenvalue weighted by atomic mass is 9.47. The minimum Gasteiger partial charge on any atom is -0.390 e. The summed E-state index contributed by atoms with van der Waals surface area (Å²) in [4.78, 5) is 0. The Labute approximate surface area is 187 Å². The van der Waals surface area contributed by atoms with Crippen LogP contribution in [0.15, 0.2) is 12.4 Å². The van der Waals surface area contributed by atoms with Gasteiger partial charge in [0.15, 0.2) is 0 Å². The molecule has 0 aromatic carbocycles. The fourth-order valence-corrected chi connectivity index (χ4v) is 10.1. The molecule has 168 valence electrons. The van der Waals surface area contributed by atoms with Crippen molar-refractivity contribution in [3.05, 3.63) is 18.0 Å². The van der Waals surface area contributed by atoms with Crippen molar-refractivity contribution in [3.8, 4) is 6.07 Å². The van der Waals surface area contributed by atoms with Crippen LogP contribution in [0.1, 0.15) is 77.7 Å². The summed E-state index contributed by atoms with van der Waals surface area (Å²) in [7, 11) is 0. The molecule has 5 aliphatic carbocycles. The van der Waals surface area contributed by atoms with Crippen molar-refractivity contribution in [3.63, 3.8) is 0 Å². The van der Waals surface area contributed by atoms with Crippen LogP contribution < -0.4 is 0 Å². The fourth-order valence-electron chi connectivity index (χ4n) is 10.1. The molecule has 0 unspecified atom stereocenters. The molecule has 11 atom stereocenters. The zero-order chi connectivity index (χ0) is 21.5. The van der Waals surface area contributed by atoms with Crippen LogP contribution >= 0.6 is 0 Å². The van der Waals surface area contributed by atoms with Crippen LogP contribution in [0.3, 0.4) is 0 Å². The van der Waals surface area contributed by atoms with Gasteiger partial charge in [-0.2, -0.15) is 10.4 Å². The molecule has 5 saturated carbocycles. The molecular formula is C27H39N3O. The highest BCUT2D eigenvalue weighted by Crippen LogP contribution is 2.76. The van der Waals surface area contributed by atoms with Gasteiger partial charge in [-0.3, -0.25) is 4.68 Å². The maximum atomic E-state index is 10.7. The second kappa shape index (κ2) is 6.83. The molecule has 0 spiro atoms. The van der Waals surface area contributed by atoms with Crippen LogP contribution in [0.25, 0.3) is 0 Å². The van der Waals surface area contributed by atoms with E-state index in [9.17, 15) is 5.11 Å². The topological polar surface area (TPSA) is 61.8 Å². The third-order valence-corrected chi connectivity index (χ3v) is 11.0. The van der Waals surface area contributed by atoms with Crippen LogP contribution in [0.2, 0.25) is 0 Å². The first-order valence-corrected chi connectivity index (χ1v) is 13.0. The van der Waals surface area contributed by atoms with Gasteiger partial charge in [-0.05, 0) is 117 Å². The van der Waals surface area contributed by atoms with E-state index in [0.29, 0.717) is 16.9 Å². The van der Waals surface area contributed by atoms with E-state index in [1.807, 2.05) is 10.9 Å². The van der Waals surface area contributed by atoms with Crippen molar-refractivity contribution in [2.45, 2.75) is 84.3 Å². The van der Waals surface area contributed by atoms with Crippen molar-refractivity contribution >= 4 is 0 Å². The standard InChI is InChI=1S/C27H39N3O/c1-16(14-30-15-17(12-28)13-29-30)24-22-10-23(22)25-21-5-4-18-11-26(2,31)8-6-19(18)20(21)7-9-27(24,25)3/h13,15-16,18-25,31H,4-11,14H2,1-3H3/t16-,18-,19+,20-,21-,22+,23-,24+,25-,26-,27-/m1/s1. The predicted octanol–water partition coefficient (Wildman–Crippen LogP) is 5.27. The van der Waals surface area contributed by atoms with E-state index in [2.05, 4.69) is 31.9 Å². The highest BCUT2D eigenvalue weighted by Gasteiger charge is 2.69. The Morgan fingerprint density at radius 1 is 1.13 bits per heavy atom. The lowest BCUT2D eigenvalue weighted by Gasteiger charge is -2.58. The molecule has 0 amide bonds. The minimum atomic E-state index is -0.412. The van der Waals surface area contributed by atoms with Gasteiger partial charge < -0.3 is 5.11 Å². The molecule has 0 saturated heterocycles. The quantitative estimate of drug-likeness (QED) is 0.723. The van der Waals surface area contributed by atoms with E-state index >= 15 is 0 Å². The largest absolute Gasteiger partial charge is 0.390 e. The summed E-state index contributed by atoms with van der Waals surface area (Å²) in [6.07, 6.45) is 14.0. The van der Waals surface area contributed by atoms with E-state index in [4.69, 9.17) is 5.26 Å². The summed E-state index contributed by atoms with van der Waals surface area (Å²) in [5.74, 6) is 7.77. The zero-order valence-electron chi connectivity index (χ0n) is 19.5. The van der Waals surface area contributed by atoms with Crippen LogP contribution in [0, 0.1) is 70.0 Å². The summed E-state index contributed by atoms with van der Waals surface area (Å²) >= 11 is 0. The van der Waals surface area contributed by atoms with Gasteiger partial charge in [0.05, 0.1) is 17.4 Å². The van der Waals surface area contributed by atoms with Crippen molar-refractivity contribution in [1.82, 2.24) is 9.78 Å². The highest BCUT2D eigenvalue weighted by molar-refractivity contribution is 5.22. The van der Waals surface area contributed by atoms with Crippen molar-refractivity contribution in [2.75, 3.05) is 0 Å². The Morgan fingerprint density at radius 3 is 2.71 bits per heavy atom. The van der Waals surface area contributed by atoms with E-state index in [1.165, 1.54) is 38.5 Å². The summed E-state index contributed by atoms with van der Waals surface area (Å²) in [5.41, 5.74) is 0.757. The zero-order valence-corrected chi connectivity index (χ0v) is 19.5. The molecule has 0 radical (unpaired) electrons. The van der Waals surface area contributed by atoms with E-state index in [-0.39, 0.29) is 0 Å². The Kier molecular flexibility index (Phi) is 4.47. The van der Waals surface area contributed by atoms with Gasteiger partial charge in [0.2, 0.25) is 0 Å². The number of fused-ring (bicyclic) bond motifs is 7. The number of nitrogens with zero attached hydrogens (tertiary/aromatic N) is 3. The molecule has 0 bridgehead atoms. The van der Waals surface area contributed by atoms with E-state index < -0.39 is 5.60 Å². The second-order valence-corrected chi connectivity index (χ2v) is 12.8. The summed E-state index contributed by atoms with van der Waals surface area (Å²) < 4.78 is 2.02. The van der Waals surface area contributed by atoms with Gasteiger partial charge in [0, 0.05) is 12.7 Å². The molecular weight excluding hydrogens is 382 g/mol. The Hall–Kier alpha value is -1.34. The number of rotatable bonds is 3. The van der Waals surface area contributed by atoms with Gasteiger partial charge >= 0.3 is 0 Å². The van der Waals surface area contributed by atoms with Gasteiger partial charge in [-0.15, -0.1) is 0 Å². The molecule has 1 heterocycles. The normalized spacial score (nSPS) is 51.1. The monoisotopic (exact) mass is 421 g/mol. The molecule has 1 aromatic rings. The smallest absolute Gasteiger partial charge is 0.102 e. The molecule has 4 nitrogen and oxygen atoms in total. The number of aliphatic hydroxyl groups is 1. The SMILES string of the molecule is C[C@H](Cn1cc(C#N)cn1)[C@H]1[C@H]2C[C@H]2[C@H]2[C@@H]3CC[C@@H]4C[C@](C)(O)CC[C@@H]4[C@H]3CC[C@@]21C. The third-order valence-electron chi connectivity index (χ3n) is 11.0. The first-order chi connectivity index (χ1) is 14.8. The second-order valence-electron chi connectivity index (χ2n) is 12.8. The van der Waals surface area contributed by atoms with Crippen molar-refractivity contribution in [1.29, 1.82) is 5.26 Å². The lowest BCUT2D eigenvalue weighted by Crippen LogP contribution is -2.52. The van der Waals surface area contributed by atoms with Crippen molar-refractivity contribution in [2.24, 2.45) is 58.7 Å². The van der Waals surface area contributed by atoms with E-state index in [1.54, 1.807) is 6.20 Å². The lowest BCUT2D eigenvalue weighted by molar-refractivity contribution is -0.111. The maximum absolute atomic E-state index is 10.7. The van der Waals surface area contributed by atoms with Gasteiger partial charge in [-0.1, -0.05) is 13.8 Å². The maximum Gasteiger partial charge on any atom is 0.102 e. The molecule has 5 aliphatic rings. The molecule has 1 aromatic heterocycles. The molecule has 4 heteroatoms. The number of hydrogen-bond acceptors (Lipinski definition) is 3. The summed E-state index contributed by atoms with van der Waals surface area (Å²) in [5, 5.41) is 24.3. The molecule has 31 heavy (non-hydrogen) atoms. The van der Waals surface area contributed by atoms with E-state index in [0.717, 1.165) is 66.7 Å². The van der Waals surface area contributed by atoms with Crippen LogP contribution in [-0.4, -0.2) is 20.5 Å². The number of aromatic nitrogens is 2. The highest BCUT2D eigenvalue weighted by atomic mass is 16.3. The van der Waals surface area contributed by atoms with Gasteiger partial charge in [-0.25, -0.2) is 0 Å². The summed E-state index contributed by atoms with van der Waals surface area (Å²) in [6.45, 7) is 8.13. The van der Waals surface area contributed by atoms with Gasteiger partial charge in [0.25, 0.3) is 0 Å². The molecule has 5 fully saturated rings. The summed E-state index contributed by atoms with van der Waals surface area (Å²) in [6, 6.07) is 2.22. The minimum absolute atomic E-state index is 0.412. The van der Waals surface area contributed by atoms with Gasteiger partial charge in [0.1, 0.15) is 6.07 Å². The first-order valence-electron chi connectivity index (χ1n) is 13.0. The molecule has 0 aliphatic heterocycles. The number of hydrogen-bond donors (Lipinski definition) is 1. The average Bonchev–Trinajstić information content (AvgIpc) is 3.23. The average molecular weight is 422 g/mol. The Morgan fingerprint density at radius 2 is 1.94 bits per heavy atom. The first kappa shape index (κ1) is 20.3. The third kappa shape index (κ3) is 3.05. The number of nitriles is 1. The Balaban J connectivity index is 1.22.